The Morgan fingerprint density at radius 3 is 2.94 bits per heavy atom. The maximum Gasteiger partial charge on any atom is 0.163 e. The number of benzene rings is 1. The number of halogens is 2. The largest absolute Gasteiger partial charge is 0.294 e. The van der Waals surface area contributed by atoms with E-state index in [1.165, 1.54) is 6.07 Å². The van der Waals surface area contributed by atoms with Crippen molar-refractivity contribution in [3.05, 3.63) is 45.7 Å². The van der Waals surface area contributed by atoms with Crippen LogP contribution in [0.5, 0.6) is 0 Å². The predicted octanol–water partition coefficient (Wildman–Crippen LogP) is 3.81. The monoisotopic (exact) mass is 282 g/mol. The average Bonchev–Trinajstić information content (AvgIpc) is 2.76. The van der Waals surface area contributed by atoms with Crippen molar-refractivity contribution in [3.8, 4) is 0 Å². The Morgan fingerprint density at radius 2 is 2.25 bits per heavy atom. The van der Waals surface area contributed by atoms with E-state index in [-0.39, 0.29) is 18.0 Å². The summed E-state index contributed by atoms with van der Waals surface area (Å²) in [6, 6.07) is 4.69. The van der Waals surface area contributed by atoms with Gasteiger partial charge in [-0.1, -0.05) is 22.0 Å². The van der Waals surface area contributed by atoms with Crippen LogP contribution in [-0.2, 0) is 11.2 Å². The van der Waals surface area contributed by atoms with Crippen LogP contribution >= 0.6 is 15.9 Å². The highest BCUT2D eigenvalue weighted by atomic mass is 79.9. The van der Waals surface area contributed by atoms with E-state index in [0.29, 0.717) is 5.56 Å². The summed E-state index contributed by atoms with van der Waals surface area (Å²) in [5.41, 5.74) is 1.33. The number of rotatable bonds is 3. The van der Waals surface area contributed by atoms with E-state index in [9.17, 15) is 9.18 Å². The summed E-state index contributed by atoms with van der Waals surface area (Å²) in [5, 5.41) is 0. The van der Waals surface area contributed by atoms with Crippen LogP contribution in [0.4, 0.5) is 4.39 Å². The molecule has 0 atom stereocenters. The van der Waals surface area contributed by atoms with Crippen molar-refractivity contribution in [1.82, 2.24) is 0 Å². The van der Waals surface area contributed by atoms with Gasteiger partial charge >= 0.3 is 0 Å². The molecule has 0 heterocycles. The summed E-state index contributed by atoms with van der Waals surface area (Å²) in [5.74, 6) is -0.260. The molecule has 1 nitrogen and oxygen atoms in total. The summed E-state index contributed by atoms with van der Waals surface area (Å²) in [7, 11) is 0. The Balaban J connectivity index is 2.14. The number of carbonyl (C=O) groups is 1. The first-order valence-electron chi connectivity index (χ1n) is 5.33. The number of Topliss-reactive ketones (excluding diaryl/α,β-unsaturated/α-hetero) is 1. The summed E-state index contributed by atoms with van der Waals surface area (Å²) < 4.78 is 14.2. The third kappa shape index (κ3) is 2.59. The topological polar surface area (TPSA) is 17.1 Å². The molecule has 1 aromatic carbocycles. The summed E-state index contributed by atoms with van der Waals surface area (Å²) in [6.45, 7) is 0. The predicted molar refractivity (Wildman–Crippen MR) is 64.7 cm³/mol. The molecule has 0 saturated carbocycles. The molecule has 0 amide bonds. The second kappa shape index (κ2) is 4.91. The first-order chi connectivity index (χ1) is 7.66. The smallest absolute Gasteiger partial charge is 0.163 e. The van der Waals surface area contributed by atoms with Crippen LogP contribution in [0.1, 0.15) is 24.8 Å². The van der Waals surface area contributed by atoms with Crippen molar-refractivity contribution in [2.45, 2.75) is 25.7 Å². The van der Waals surface area contributed by atoms with Crippen molar-refractivity contribution >= 4 is 21.7 Å². The van der Waals surface area contributed by atoms with Crippen LogP contribution in [0, 0.1) is 5.82 Å². The minimum Gasteiger partial charge on any atom is -0.294 e. The molecule has 0 aliphatic heterocycles. The second-order valence-corrected chi connectivity index (χ2v) is 4.87. The lowest BCUT2D eigenvalue weighted by molar-refractivity contribution is -0.115. The van der Waals surface area contributed by atoms with Crippen molar-refractivity contribution in [2.24, 2.45) is 0 Å². The third-order valence-electron chi connectivity index (χ3n) is 2.76. The maximum atomic E-state index is 13.4. The molecule has 1 aliphatic rings. The first-order valence-corrected chi connectivity index (χ1v) is 6.12. The lowest BCUT2D eigenvalue weighted by Gasteiger charge is -2.04. The van der Waals surface area contributed by atoms with Gasteiger partial charge in [-0.3, -0.25) is 4.79 Å². The van der Waals surface area contributed by atoms with Gasteiger partial charge in [-0.05, 0) is 48.6 Å². The molecule has 1 aromatic rings. The molecule has 0 saturated heterocycles. The van der Waals surface area contributed by atoms with Crippen molar-refractivity contribution in [1.29, 1.82) is 0 Å². The highest BCUT2D eigenvalue weighted by Crippen LogP contribution is 2.22. The van der Waals surface area contributed by atoms with Crippen LogP contribution in [0.25, 0.3) is 0 Å². The van der Waals surface area contributed by atoms with Gasteiger partial charge in [-0.2, -0.15) is 0 Å². The quantitative estimate of drug-likeness (QED) is 0.824. The molecule has 0 fully saturated rings. The standard InChI is InChI=1S/C13H12BrFO/c14-11-5-6-12(15)10(7-11)8-13(16)9-3-1-2-4-9/h3,5-7H,1-2,4,8H2. The molecule has 0 bridgehead atoms. The van der Waals surface area contributed by atoms with Crippen molar-refractivity contribution < 1.29 is 9.18 Å². The van der Waals surface area contributed by atoms with Gasteiger partial charge in [-0.15, -0.1) is 0 Å². The zero-order valence-corrected chi connectivity index (χ0v) is 10.4. The Bertz CT molecular complexity index is 451. The SMILES string of the molecule is O=C(Cc1cc(Br)ccc1F)C1=CCCC1. The lowest BCUT2D eigenvalue weighted by Crippen LogP contribution is -2.06. The molecule has 3 heteroatoms. The van der Waals surface area contributed by atoms with Crippen LogP contribution in [-0.4, -0.2) is 5.78 Å². The molecular weight excluding hydrogens is 271 g/mol. The lowest BCUT2D eigenvalue weighted by atomic mass is 10.0. The highest BCUT2D eigenvalue weighted by Gasteiger charge is 2.15. The zero-order valence-electron chi connectivity index (χ0n) is 8.80. The molecule has 0 radical (unpaired) electrons. The number of carbonyl (C=O) groups excluding carboxylic acids is 1. The van der Waals surface area contributed by atoms with Gasteiger partial charge in [0.1, 0.15) is 5.82 Å². The van der Waals surface area contributed by atoms with E-state index in [1.807, 2.05) is 6.08 Å². The Labute approximate surface area is 102 Å². The van der Waals surface area contributed by atoms with E-state index >= 15 is 0 Å². The van der Waals surface area contributed by atoms with E-state index in [0.717, 1.165) is 29.3 Å². The van der Waals surface area contributed by atoms with Crippen molar-refractivity contribution in [3.63, 3.8) is 0 Å². The number of ketones is 1. The van der Waals surface area contributed by atoms with E-state index in [4.69, 9.17) is 0 Å². The number of hydrogen-bond acceptors (Lipinski definition) is 1. The third-order valence-corrected chi connectivity index (χ3v) is 3.25. The molecule has 0 aromatic heterocycles. The van der Waals surface area contributed by atoms with E-state index < -0.39 is 0 Å². The van der Waals surface area contributed by atoms with Crippen LogP contribution < -0.4 is 0 Å². The van der Waals surface area contributed by atoms with Crippen LogP contribution in [0.3, 0.4) is 0 Å². The fourth-order valence-corrected chi connectivity index (χ4v) is 2.30. The molecule has 1 aliphatic carbocycles. The first kappa shape index (κ1) is 11.5. The van der Waals surface area contributed by atoms with E-state index in [2.05, 4.69) is 15.9 Å². The van der Waals surface area contributed by atoms with Crippen molar-refractivity contribution in [2.75, 3.05) is 0 Å². The summed E-state index contributed by atoms with van der Waals surface area (Å²) >= 11 is 3.28. The molecule has 0 N–H and O–H groups in total. The molecule has 0 spiro atoms. The van der Waals surface area contributed by atoms with Gasteiger partial charge in [0.2, 0.25) is 0 Å². The Morgan fingerprint density at radius 1 is 1.44 bits per heavy atom. The fraction of sp³-hybridized carbons (Fsp3) is 0.308. The minimum atomic E-state index is -0.310. The Hall–Kier alpha value is -0.960. The van der Waals surface area contributed by atoms with Gasteiger partial charge < -0.3 is 0 Å². The van der Waals surface area contributed by atoms with Gasteiger partial charge in [0.25, 0.3) is 0 Å². The fourth-order valence-electron chi connectivity index (χ4n) is 1.89. The molecule has 2 rings (SSSR count). The summed E-state index contributed by atoms with van der Waals surface area (Å²) in [4.78, 5) is 11.8. The van der Waals surface area contributed by atoms with Crippen LogP contribution in [0.15, 0.2) is 34.3 Å². The molecule has 0 unspecified atom stereocenters. The highest BCUT2D eigenvalue weighted by molar-refractivity contribution is 9.10. The van der Waals surface area contributed by atoms with E-state index in [1.54, 1.807) is 12.1 Å². The number of hydrogen-bond donors (Lipinski definition) is 0. The Kier molecular flexibility index (Phi) is 3.54. The van der Waals surface area contributed by atoms with Gasteiger partial charge in [0.15, 0.2) is 5.78 Å². The zero-order chi connectivity index (χ0) is 11.5. The number of allylic oxidation sites excluding steroid dienone is 2. The minimum absolute atomic E-state index is 0.0505. The summed E-state index contributed by atoms with van der Waals surface area (Å²) in [6.07, 6.45) is 4.99. The van der Waals surface area contributed by atoms with Gasteiger partial charge in [-0.25, -0.2) is 4.39 Å². The van der Waals surface area contributed by atoms with Crippen LogP contribution in [0.2, 0.25) is 0 Å². The molecule has 16 heavy (non-hydrogen) atoms. The second-order valence-electron chi connectivity index (χ2n) is 3.96. The molecule has 84 valence electrons. The normalized spacial score (nSPS) is 15.0. The van der Waals surface area contributed by atoms with Gasteiger partial charge in [0, 0.05) is 10.9 Å². The maximum absolute atomic E-state index is 13.4. The average molecular weight is 283 g/mol. The van der Waals surface area contributed by atoms with Gasteiger partial charge in [0.05, 0.1) is 0 Å². The molecular formula is C13H12BrFO.